The summed E-state index contributed by atoms with van der Waals surface area (Å²) in [6.07, 6.45) is 2.11. The van der Waals surface area contributed by atoms with E-state index in [0.717, 1.165) is 0 Å². The number of hydrogen-bond acceptors (Lipinski definition) is 6. The van der Waals surface area contributed by atoms with Crippen LogP contribution in [-0.2, 0) is 19.3 Å². The summed E-state index contributed by atoms with van der Waals surface area (Å²) in [6.45, 7) is 7.87. The summed E-state index contributed by atoms with van der Waals surface area (Å²) in [5.41, 5.74) is -0.263. The molecule has 1 aliphatic heterocycles. The van der Waals surface area contributed by atoms with Crippen molar-refractivity contribution in [3.63, 3.8) is 0 Å². The Morgan fingerprint density at radius 3 is 2.21 bits per heavy atom. The average molecular weight is 411 g/mol. The lowest BCUT2D eigenvalue weighted by molar-refractivity contribution is 0.00578. The van der Waals surface area contributed by atoms with E-state index >= 15 is 0 Å². The average Bonchev–Trinajstić information content (AvgIpc) is 2.84. The topological polar surface area (TPSA) is 94.1 Å². The number of rotatable bonds is 5. The first-order chi connectivity index (χ1) is 12.9. The van der Waals surface area contributed by atoms with Gasteiger partial charge < -0.3 is 19.2 Å². The van der Waals surface area contributed by atoms with E-state index in [4.69, 9.17) is 14.0 Å². The van der Waals surface area contributed by atoms with Crippen molar-refractivity contribution in [2.24, 2.45) is 0 Å². The van der Waals surface area contributed by atoms with Crippen molar-refractivity contribution >= 4 is 22.6 Å². The molecule has 0 unspecified atom stereocenters. The lowest BCUT2D eigenvalue weighted by Crippen LogP contribution is -2.41. The minimum atomic E-state index is -3.74. The van der Waals surface area contributed by atoms with Crippen LogP contribution in [0.2, 0.25) is 0 Å². The van der Waals surface area contributed by atoms with Gasteiger partial charge >= 0.3 is 7.12 Å². The molecule has 1 aliphatic carbocycles. The monoisotopic (exact) mass is 411 g/mol. The Morgan fingerprint density at radius 1 is 1.11 bits per heavy atom. The zero-order chi connectivity index (χ0) is 20.7. The smallest absolute Gasteiger partial charge is 0.494 e. The van der Waals surface area contributed by atoms with Crippen LogP contribution in [0, 0.1) is 0 Å². The SMILES string of the molecule is COc1cc(B2OC(C)(C)C(C)(C)O2)ccc1S(=O)(=O)NC1CCC(O)CC1. The molecule has 0 spiro atoms. The zero-order valence-corrected chi connectivity index (χ0v) is 18.0. The quantitative estimate of drug-likeness (QED) is 0.715. The van der Waals surface area contributed by atoms with Crippen LogP contribution in [0.5, 0.6) is 5.75 Å². The maximum atomic E-state index is 12.9. The number of sulfonamides is 1. The van der Waals surface area contributed by atoms with Crippen molar-refractivity contribution in [3.8, 4) is 5.75 Å². The molecule has 0 aromatic heterocycles. The van der Waals surface area contributed by atoms with E-state index in [1.54, 1.807) is 12.1 Å². The van der Waals surface area contributed by atoms with Crippen LogP contribution in [0.15, 0.2) is 23.1 Å². The van der Waals surface area contributed by atoms with Crippen molar-refractivity contribution in [2.75, 3.05) is 7.11 Å². The molecule has 28 heavy (non-hydrogen) atoms. The second kappa shape index (κ2) is 7.61. The van der Waals surface area contributed by atoms with Crippen molar-refractivity contribution < 1.29 is 27.6 Å². The molecule has 1 aromatic rings. The summed E-state index contributed by atoms with van der Waals surface area (Å²) in [5, 5.41) is 9.61. The molecule has 3 rings (SSSR count). The second-order valence-corrected chi connectivity index (χ2v) is 10.3. The first-order valence-corrected chi connectivity index (χ1v) is 11.2. The summed E-state index contributed by atoms with van der Waals surface area (Å²) in [7, 11) is -2.89. The van der Waals surface area contributed by atoms with Crippen molar-refractivity contribution in [2.45, 2.75) is 81.6 Å². The molecule has 156 valence electrons. The van der Waals surface area contributed by atoms with Crippen LogP contribution in [0.1, 0.15) is 53.4 Å². The van der Waals surface area contributed by atoms with Crippen molar-refractivity contribution in [1.29, 1.82) is 0 Å². The number of nitrogens with one attached hydrogen (secondary N) is 1. The number of methoxy groups -OCH3 is 1. The molecule has 7 nitrogen and oxygen atoms in total. The van der Waals surface area contributed by atoms with Gasteiger partial charge in [0.2, 0.25) is 10.0 Å². The molecule has 0 bridgehead atoms. The summed E-state index contributed by atoms with van der Waals surface area (Å²) < 4.78 is 46.0. The molecule has 1 saturated heterocycles. The third-order valence-corrected chi connectivity index (χ3v) is 7.58. The van der Waals surface area contributed by atoms with Crippen LogP contribution in [-0.4, -0.2) is 51.1 Å². The number of ether oxygens (including phenoxy) is 1. The predicted octanol–water partition coefficient (Wildman–Crippen LogP) is 1.58. The van der Waals surface area contributed by atoms with Gasteiger partial charge in [0, 0.05) is 6.04 Å². The predicted molar refractivity (Wildman–Crippen MR) is 107 cm³/mol. The maximum Gasteiger partial charge on any atom is 0.494 e. The van der Waals surface area contributed by atoms with Crippen LogP contribution in [0.25, 0.3) is 0 Å². The second-order valence-electron chi connectivity index (χ2n) is 8.63. The molecule has 0 atom stereocenters. The van der Waals surface area contributed by atoms with Gasteiger partial charge in [-0.15, -0.1) is 0 Å². The van der Waals surface area contributed by atoms with Gasteiger partial charge in [-0.1, -0.05) is 6.07 Å². The van der Waals surface area contributed by atoms with Crippen molar-refractivity contribution in [3.05, 3.63) is 18.2 Å². The number of aliphatic hydroxyl groups is 1. The highest BCUT2D eigenvalue weighted by Crippen LogP contribution is 2.37. The molecule has 2 fully saturated rings. The molecule has 2 aliphatic rings. The Labute approximate surface area is 168 Å². The molecule has 1 aromatic carbocycles. The van der Waals surface area contributed by atoms with E-state index < -0.39 is 28.3 Å². The molecule has 0 amide bonds. The van der Waals surface area contributed by atoms with Gasteiger partial charge in [-0.3, -0.25) is 0 Å². The first-order valence-electron chi connectivity index (χ1n) is 9.69. The lowest BCUT2D eigenvalue weighted by atomic mass is 9.79. The fourth-order valence-electron chi connectivity index (χ4n) is 3.51. The Balaban J connectivity index is 1.82. The Kier molecular flexibility index (Phi) is 5.86. The highest BCUT2D eigenvalue weighted by Gasteiger charge is 2.51. The maximum absolute atomic E-state index is 12.9. The Morgan fingerprint density at radius 2 is 1.68 bits per heavy atom. The van der Waals surface area contributed by atoms with E-state index in [2.05, 4.69) is 4.72 Å². The Hall–Kier alpha value is -1.13. The van der Waals surface area contributed by atoms with E-state index in [9.17, 15) is 13.5 Å². The number of benzene rings is 1. The lowest BCUT2D eigenvalue weighted by Gasteiger charge is -2.32. The van der Waals surface area contributed by atoms with Crippen LogP contribution >= 0.6 is 0 Å². The fraction of sp³-hybridized carbons (Fsp3) is 0.684. The summed E-state index contributed by atoms with van der Waals surface area (Å²) >= 11 is 0. The highest BCUT2D eigenvalue weighted by molar-refractivity contribution is 7.89. The van der Waals surface area contributed by atoms with Crippen LogP contribution in [0.3, 0.4) is 0 Å². The summed E-state index contributed by atoms with van der Waals surface area (Å²) in [5.74, 6) is 0.246. The fourth-order valence-corrected chi connectivity index (χ4v) is 4.96. The van der Waals surface area contributed by atoms with Gasteiger partial charge in [-0.2, -0.15) is 0 Å². The van der Waals surface area contributed by atoms with E-state index in [0.29, 0.717) is 31.1 Å². The first kappa shape index (κ1) is 21.6. The third kappa shape index (κ3) is 4.23. The van der Waals surface area contributed by atoms with E-state index in [1.165, 1.54) is 13.2 Å². The minimum Gasteiger partial charge on any atom is -0.495 e. The zero-order valence-electron chi connectivity index (χ0n) is 17.2. The normalized spacial score (nSPS) is 27.0. The van der Waals surface area contributed by atoms with Gasteiger partial charge in [0.05, 0.1) is 24.4 Å². The largest absolute Gasteiger partial charge is 0.495 e. The molecule has 0 radical (unpaired) electrons. The summed E-state index contributed by atoms with van der Waals surface area (Å²) in [6, 6.07) is 4.70. The van der Waals surface area contributed by atoms with Gasteiger partial charge in [0.25, 0.3) is 0 Å². The minimum absolute atomic E-state index is 0.0846. The Bertz CT molecular complexity index is 802. The van der Waals surface area contributed by atoms with Gasteiger partial charge in [-0.25, -0.2) is 13.1 Å². The van der Waals surface area contributed by atoms with E-state index in [-0.39, 0.29) is 22.8 Å². The molecule has 2 N–H and O–H groups in total. The number of hydrogen-bond donors (Lipinski definition) is 2. The van der Waals surface area contributed by atoms with Gasteiger partial charge in [-0.05, 0) is 71.0 Å². The summed E-state index contributed by atoms with van der Waals surface area (Å²) in [4.78, 5) is 0.0846. The van der Waals surface area contributed by atoms with Crippen LogP contribution in [0.4, 0.5) is 0 Å². The van der Waals surface area contributed by atoms with Crippen LogP contribution < -0.4 is 14.9 Å². The molecular weight excluding hydrogens is 381 g/mol. The highest BCUT2D eigenvalue weighted by atomic mass is 32.2. The number of aliphatic hydroxyl groups excluding tert-OH is 1. The molecule has 1 saturated carbocycles. The van der Waals surface area contributed by atoms with Gasteiger partial charge in [0.1, 0.15) is 10.6 Å². The molecular formula is C19H30BNO6S. The molecule has 1 heterocycles. The third-order valence-electron chi connectivity index (χ3n) is 6.02. The van der Waals surface area contributed by atoms with E-state index in [1.807, 2.05) is 27.7 Å². The molecule has 9 heteroatoms. The standard InChI is InChI=1S/C19H30BNO6S/c1-18(2)19(3,4)27-20(26-18)13-6-11-17(16(12-13)25-5)28(23,24)21-14-7-9-15(22)10-8-14/h6,11-12,14-15,21-22H,7-10H2,1-5H3. The van der Waals surface area contributed by atoms with Gasteiger partial charge in [0.15, 0.2) is 0 Å². The van der Waals surface area contributed by atoms with Crippen molar-refractivity contribution in [1.82, 2.24) is 4.72 Å².